The lowest BCUT2D eigenvalue weighted by atomic mass is 10.1. The molecule has 2 heterocycles. The highest BCUT2D eigenvalue weighted by Crippen LogP contribution is 2.19. The molecule has 0 saturated carbocycles. The van der Waals surface area contributed by atoms with E-state index in [4.69, 9.17) is 0 Å². The summed E-state index contributed by atoms with van der Waals surface area (Å²) in [5, 5.41) is 8.90. The van der Waals surface area contributed by atoms with E-state index < -0.39 is 0 Å². The normalized spacial score (nSPS) is 13.0. The Morgan fingerprint density at radius 2 is 1.78 bits per heavy atom. The quantitative estimate of drug-likeness (QED) is 0.322. The summed E-state index contributed by atoms with van der Waals surface area (Å²) in [6.07, 6.45) is 2.75. The van der Waals surface area contributed by atoms with Crippen LogP contribution in [0.25, 0.3) is 0 Å². The van der Waals surface area contributed by atoms with Gasteiger partial charge in [-0.3, -0.25) is 14.6 Å². The molecule has 0 aliphatic carbocycles. The van der Waals surface area contributed by atoms with Crippen LogP contribution < -0.4 is 16.0 Å². The summed E-state index contributed by atoms with van der Waals surface area (Å²) in [6.45, 7) is 1.71. The number of amidine groups is 1. The van der Waals surface area contributed by atoms with Gasteiger partial charge in [-0.2, -0.15) is 0 Å². The molecule has 1 aliphatic rings. The third-order valence-electron chi connectivity index (χ3n) is 4.96. The van der Waals surface area contributed by atoms with Gasteiger partial charge in [-0.05, 0) is 42.3 Å². The molecule has 3 aromatic rings. The second-order valence-corrected chi connectivity index (χ2v) is 7.99. The first-order chi connectivity index (χ1) is 15.6. The molecule has 1 aromatic heterocycles. The van der Waals surface area contributed by atoms with Gasteiger partial charge in [0.15, 0.2) is 0 Å². The smallest absolute Gasteiger partial charge is 0.258 e. The first kappa shape index (κ1) is 21.9. The summed E-state index contributed by atoms with van der Waals surface area (Å²) in [5.41, 5.74) is 3.31. The molecule has 0 radical (unpaired) electrons. The van der Waals surface area contributed by atoms with Crippen molar-refractivity contribution in [2.45, 2.75) is 10.8 Å². The van der Waals surface area contributed by atoms with E-state index in [-0.39, 0.29) is 11.8 Å². The van der Waals surface area contributed by atoms with Crippen molar-refractivity contribution in [3.63, 3.8) is 0 Å². The summed E-state index contributed by atoms with van der Waals surface area (Å²) in [4.78, 5) is 34.3. The lowest BCUT2D eigenvalue weighted by Crippen LogP contribution is -2.30. The molecule has 0 saturated heterocycles. The van der Waals surface area contributed by atoms with Crippen molar-refractivity contribution in [2.75, 3.05) is 23.7 Å². The molecule has 32 heavy (non-hydrogen) atoms. The van der Waals surface area contributed by atoms with Crippen LogP contribution in [0.3, 0.4) is 0 Å². The molecule has 162 valence electrons. The molecule has 0 spiro atoms. The standard InChI is InChI=1S/C24H22IN5O2/c25-14-16-6-11-21(28-15-16)30-24(32)19-4-1-2-5-20(19)29-23(31)18-9-7-17(8-10-18)22-26-12-3-13-27-22/h1-2,4-11,15H,3,12-14H2,(H,26,27)(H,29,31)(H,28,30,32). The van der Waals surface area contributed by atoms with Crippen molar-refractivity contribution >= 4 is 51.7 Å². The summed E-state index contributed by atoms with van der Waals surface area (Å²) >= 11 is 2.26. The van der Waals surface area contributed by atoms with Crippen LogP contribution in [0.4, 0.5) is 11.5 Å². The number of aromatic nitrogens is 1. The van der Waals surface area contributed by atoms with E-state index in [2.05, 4.69) is 48.5 Å². The Morgan fingerprint density at radius 1 is 0.969 bits per heavy atom. The van der Waals surface area contributed by atoms with E-state index in [0.29, 0.717) is 22.6 Å². The van der Waals surface area contributed by atoms with E-state index in [9.17, 15) is 9.59 Å². The van der Waals surface area contributed by atoms with E-state index in [1.165, 1.54) is 0 Å². The highest BCUT2D eigenvalue weighted by molar-refractivity contribution is 14.1. The molecule has 0 unspecified atom stereocenters. The summed E-state index contributed by atoms with van der Waals surface area (Å²) in [7, 11) is 0. The maximum Gasteiger partial charge on any atom is 0.258 e. The van der Waals surface area contributed by atoms with Crippen LogP contribution in [-0.2, 0) is 4.43 Å². The molecule has 2 aromatic carbocycles. The molecule has 8 heteroatoms. The maximum atomic E-state index is 12.8. The predicted molar refractivity (Wildman–Crippen MR) is 135 cm³/mol. The highest BCUT2D eigenvalue weighted by Gasteiger charge is 2.15. The molecular weight excluding hydrogens is 517 g/mol. The zero-order valence-corrected chi connectivity index (χ0v) is 19.4. The number of nitrogens with one attached hydrogen (secondary N) is 3. The number of nitrogens with zero attached hydrogens (tertiary/aromatic N) is 2. The van der Waals surface area contributed by atoms with Gasteiger partial charge in [-0.15, -0.1) is 0 Å². The minimum absolute atomic E-state index is 0.292. The van der Waals surface area contributed by atoms with Gasteiger partial charge >= 0.3 is 0 Å². The molecule has 3 N–H and O–H groups in total. The number of anilines is 2. The van der Waals surface area contributed by atoms with Crippen LogP contribution in [0.1, 0.15) is 38.3 Å². The van der Waals surface area contributed by atoms with Crippen LogP contribution in [0.2, 0.25) is 0 Å². The fraction of sp³-hybridized carbons (Fsp3) is 0.167. The molecule has 4 rings (SSSR count). The van der Waals surface area contributed by atoms with E-state index in [0.717, 1.165) is 40.9 Å². The Balaban J connectivity index is 1.46. The first-order valence-corrected chi connectivity index (χ1v) is 11.8. The fourth-order valence-corrected chi connectivity index (χ4v) is 3.70. The number of benzene rings is 2. The number of aliphatic imine (C=N–C) groups is 1. The number of carbonyl (C=O) groups excluding carboxylic acids is 2. The van der Waals surface area contributed by atoms with Gasteiger partial charge in [-0.25, -0.2) is 4.98 Å². The van der Waals surface area contributed by atoms with Crippen LogP contribution in [0, 0.1) is 0 Å². The van der Waals surface area contributed by atoms with Crippen molar-refractivity contribution in [1.29, 1.82) is 0 Å². The average Bonchev–Trinajstić information content (AvgIpc) is 2.85. The largest absolute Gasteiger partial charge is 0.370 e. The van der Waals surface area contributed by atoms with Gasteiger partial charge < -0.3 is 16.0 Å². The lowest BCUT2D eigenvalue weighted by molar-refractivity contribution is 0.102. The third-order valence-corrected chi connectivity index (χ3v) is 5.84. The third kappa shape index (κ3) is 5.31. The number of carbonyl (C=O) groups is 2. The second-order valence-electron chi connectivity index (χ2n) is 7.23. The minimum atomic E-state index is -0.340. The van der Waals surface area contributed by atoms with E-state index in [1.54, 1.807) is 48.7 Å². The highest BCUT2D eigenvalue weighted by atomic mass is 127. The van der Waals surface area contributed by atoms with E-state index >= 15 is 0 Å². The number of rotatable bonds is 6. The Bertz CT molecular complexity index is 1140. The van der Waals surface area contributed by atoms with Crippen molar-refractivity contribution in [2.24, 2.45) is 4.99 Å². The molecule has 7 nitrogen and oxygen atoms in total. The van der Waals surface area contributed by atoms with Gasteiger partial charge in [0.25, 0.3) is 11.8 Å². The monoisotopic (exact) mass is 539 g/mol. The number of alkyl halides is 1. The molecular formula is C24H22IN5O2. The van der Waals surface area contributed by atoms with Gasteiger partial charge in [0.05, 0.1) is 11.3 Å². The predicted octanol–water partition coefficient (Wildman–Crippen LogP) is 4.26. The van der Waals surface area contributed by atoms with Crippen molar-refractivity contribution in [1.82, 2.24) is 10.3 Å². The summed E-state index contributed by atoms with van der Waals surface area (Å²) in [6, 6.07) is 17.8. The summed E-state index contributed by atoms with van der Waals surface area (Å²) in [5.74, 6) is 0.678. The zero-order chi connectivity index (χ0) is 22.3. The number of hydrogen-bond donors (Lipinski definition) is 3. The Kier molecular flexibility index (Phi) is 7.10. The number of amides is 2. The Hall–Kier alpha value is -3.27. The van der Waals surface area contributed by atoms with Gasteiger partial charge in [0.2, 0.25) is 0 Å². The van der Waals surface area contributed by atoms with E-state index in [1.807, 2.05) is 18.2 Å². The van der Waals surface area contributed by atoms with Gasteiger partial charge in [-0.1, -0.05) is 52.9 Å². The molecule has 0 atom stereocenters. The van der Waals surface area contributed by atoms with Crippen LogP contribution in [0.5, 0.6) is 0 Å². The van der Waals surface area contributed by atoms with Crippen molar-refractivity contribution in [3.05, 3.63) is 89.1 Å². The molecule has 0 bridgehead atoms. The number of para-hydroxylation sites is 1. The molecule has 2 amide bonds. The number of pyridine rings is 1. The number of halogens is 1. The van der Waals surface area contributed by atoms with Gasteiger partial charge in [0.1, 0.15) is 11.7 Å². The molecule has 1 aliphatic heterocycles. The van der Waals surface area contributed by atoms with Crippen LogP contribution >= 0.6 is 22.6 Å². The van der Waals surface area contributed by atoms with Gasteiger partial charge in [0, 0.05) is 34.8 Å². The zero-order valence-electron chi connectivity index (χ0n) is 17.3. The topological polar surface area (TPSA) is 95.5 Å². The Morgan fingerprint density at radius 3 is 2.47 bits per heavy atom. The Labute approximate surface area is 199 Å². The second kappa shape index (κ2) is 10.4. The first-order valence-electron chi connectivity index (χ1n) is 10.3. The lowest BCUT2D eigenvalue weighted by Gasteiger charge is -2.15. The summed E-state index contributed by atoms with van der Waals surface area (Å²) < 4.78 is 0.847. The van der Waals surface area contributed by atoms with Crippen molar-refractivity contribution < 1.29 is 9.59 Å². The van der Waals surface area contributed by atoms with Crippen LogP contribution in [-0.4, -0.2) is 35.7 Å². The minimum Gasteiger partial charge on any atom is -0.370 e. The average molecular weight is 539 g/mol. The SMILES string of the molecule is O=C(Nc1ccccc1C(=O)Nc1ccc(CI)cn1)c1ccc(C2=NCCCN2)cc1. The number of hydrogen-bond acceptors (Lipinski definition) is 5. The molecule has 0 fully saturated rings. The maximum absolute atomic E-state index is 12.8. The van der Waals surface area contributed by atoms with Crippen LogP contribution in [0.15, 0.2) is 71.9 Å². The van der Waals surface area contributed by atoms with Crippen molar-refractivity contribution in [3.8, 4) is 0 Å². The fourth-order valence-electron chi connectivity index (χ4n) is 3.25.